The number of pyridine rings is 1. The molecule has 0 saturated carbocycles. The second kappa shape index (κ2) is 4.45. The zero-order valence-electron chi connectivity index (χ0n) is 10.8. The van der Waals surface area contributed by atoms with Gasteiger partial charge in [-0.15, -0.1) is 0 Å². The van der Waals surface area contributed by atoms with E-state index < -0.39 is 22.9 Å². The van der Waals surface area contributed by atoms with E-state index >= 15 is 0 Å². The number of aromatic nitrogens is 1. The lowest BCUT2D eigenvalue weighted by molar-refractivity contribution is 0.0694. The first-order valence-corrected chi connectivity index (χ1v) is 6.85. The average Bonchev–Trinajstić information content (AvgIpc) is 2.44. The number of hydrogen-bond acceptors (Lipinski definition) is 4. The quantitative estimate of drug-likeness (QED) is 0.763. The molecule has 1 unspecified atom stereocenters. The second-order valence-corrected chi connectivity index (χ2v) is 5.62. The van der Waals surface area contributed by atoms with Crippen molar-refractivity contribution < 1.29 is 19.0 Å². The van der Waals surface area contributed by atoms with Crippen LogP contribution in [0.1, 0.15) is 23.3 Å². The van der Waals surface area contributed by atoms with Gasteiger partial charge in [0.2, 0.25) is 0 Å². The van der Waals surface area contributed by atoms with Gasteiger partial charge in [-0.2, -0.15) is 0 Å². The molecule has 3 rings (SSSR count). The van der Waals surface area contributed by atoms with Crippen molar-refractivity contribution >= 4 is 38.5 Å². The number of aromatic carboxylic acids is 1. The number of carbonyl (C=O) groups is 1. The number of ether oxygens (including phenoxy) is 1. The number of hydrogen-bond donors (Lipinski definition) is 2. The number of halogens is 2. The van der Waals surface area contributed by atoms with Crippen molar-refractivity contribution in [2.24, 2.45) is 0 Å². The topological polar surface area (TPSA) is 94.6 Å². The Morgan fingerprint density at radius 1 is 1.62 bits per heavy atom. The van der Waals surface area contributed by atoms with Gasteiger partial charge in [0, 0.05) is 5.39 Å². The molecule has 110 valence electrons. The van der Waals surface area contributed by atoms with Gasteiger partial charge in [-0.05, 0) is 28.9 Å². The zero-order chi connectivity index (χ0) is 15.5. The van der Waals surface area contributed by atoms with E-state index in [9.17, 15) is 14.0 Å². The Bertz CT molecular complexity index is 862. The van der Waals surface area contributed by atoms with E-state index in [4.69, 9.17) is 15.6 Å². The van der Waals surface area contributed by atoms with E-state index in [1.54, 1.807) is 6.92 Å². The summed E-state index contributed by atoms with van der Waals surface area (Å²) in [6.07, 6.45) is 0. The van der Waals surface area contributed by atoms with Crippen LogP contribution in [-0.4, -0.2) is 22.2 Å². The number of benzene rings is 1. The molecule has 21 heavy (non-hydrogen) atoms. The smallest absolute Gasteiger partial charge is 0.341 e. The van der Waals surface area contributed by atoms with E-state index in [0.29, 0.717) is 5.52 Å². The van der Waals surface area contributed by atoms with Gasteiger partial charge in [0.25, 0.3) is 5.56 Å². The molecule has 0 bridgehead atoms. The van der Waals surface area contributed by atoms with Gasteiger partial charge in [0.15, 0.2) is 11.6 Å². The Kier molecular flexibility index (Phi) is 2.94. The van der Waals surface area contributed by atoms with Crippen LogP contribution in [0.2, 0.25) is 0 Å². The van der Waals surface area contributed by atoms with Gasteiger partial charge in [-0.1, -0.05) is 0 Å². The number of rotatable bonds is 1. The number of anilines is 1. The van der Waals surface area contributed by atoms with Gasteiger partial charge in [0.1, 0.15) is 12.2 Å². The first kappa shape index (κ1) is 13.9. The summed E-state index contributed by atoms with van der Waals surface area (Å²) >= 11 is 3.06. The van der Waals surface area contributed by atoms with Crippen molar-refractivity contribution in [1.82, 2.24) is 4.57 Å². The SMILES string of the molecule is CC1COc2c(Br)c(F)c(N)c3cc(C(=O)O)c(=O)n1c23. The third-order valence-electron chi connectivity index (χ3n) is 3.51. The second-order valence-electron chi connectivity index (χ2n) is 4.83. The summed E-state index contributed by atoms with van der Waals surface area (Å²) in [6.45, 7) is 1.84. The summed E-state index contributed by atoms with van der Waals surface area (Å²) in [5, 5.41) is 9.29. The fourth-order valence-corrected chi connectivity index (χ4v) is 3.01. The number of carboxylic acids is 1. The summed E-state index contributed by atoms with van der Waals surface area (Å²) in [6, 6.07) is 0.704. The van der Waals surface area contributed by atoms with Crippen LogP contribution in [0.5, 0.6) is 5.75 Å². The van der Waals surface area contributed by atoms with Crippen LogP contribution in [0, 0.1) is 5.82 Å². The number of carboxylic acid groups (broad SMARTS) is 1. The average molecular weight is 357 g/mol. The van der Waals surface area contributed by atoms with Crippen molar-refractivity contribution in [3.63, 3.8) is 0 Å². The standard InChI is InChI=1S/C13H10BrFN2O4/c1-4-3-21-11-7(14)8(15)9(16)5-2-6(13(19)20)12(18)17(4)10(5)11/h2,4H,3,16H2,1H3,(H,19,20). The Hall–Kier alpha value is -2.09. The van der Waals surface area contributed by atoms with Gasteiger partial charge in [-0.25, -0.2) is 9.18 Å². The highest BCUT2D eigenvalue weighted by Gasteiger charge is 2.29. The summed E-state index contributed by atoms with van der Waals surface area (Å²) in [7, 11) is 0. The molecule has 1 aromatic heterocycles. The lowest BCUT2D eigenvalue weighted by atomic mass is 10.1. The molecule has 0 fully saturated rings. The zero-order valence-corrected chi connectivity index (χ0v) is 12.4. The summed E-state index contributed by atoms with van der Waals surface area (Å²) in [5.74, 6) is -1.97. The molecule has 1 aliphatic rings. The lowest BCUT2D eigenvalue weighted by Crippen LogP contribution is -2.34. The van der Waals surface area contributed by atoms with Crippen molar-refractivity contribution in [3.8, 4) is 5.75 Å². The van der Waals surface area contributed by atoms with Crippen molar-refractivity contribution in [1.29, 1.82) is 0 Å². The highest BCUT2D eigenvalue weighted by Crippen LogP contribution is 2.42. The van der Waals surface area contributed by atoms with Crippen LogP contribution in [0.25, 0.3) is 10.9 Å². The van der Waals surface area contributed by atoms with Gasteiger partial charge in [-0.3, -0.25) is 9.36 Å². The highest BCUT2D eigenvalue weighted by molar-refractivity contribution is 9.10. The van der Waals surface area contributed by atoms with E-state index in [1.807, 2.05) is 0 Å². The molecule has 0 radical (unpaired) electrons. The molecule has 0 amide bonds. The van der Waals surface area contributed by atoms with Crippen LogP contribution in [0.3, 0.4) is 0 Å². The fourth-order valence-electron chi connectivity index (χ4n) is 2.50. The monoisotopic (exact) mass is 356 g/mol. The van der Waals surface area contributed by atoms with Crippen LogP contribution in [0.15, 0.2) is 15.3 Å². The van der Waals surface area contributed by atoms with E-state index in [0.717, 1.165) is 6.07 Å². The molecular weight excluding hydrogens is 347 g/mol. The van der Waals surface area contributed by atoms with Crippen LogP contribution < -0.4 is 16.0 Å². The first-order chi connectivity index (χ1) is 9.84. The molecule has 6 nitrogen and oxygen atoms in total. The predicted molar refractivity (Wildman–Crippen MR) is 77.4 cm³/mol. The maximum atomic E-state index is 14.1. The summed E-state index contributed by atoms with van der Waals surface area (Å²) in [4.78, 5) is 23.6. The number of nitrogens with two attached hydrogens (primary N) is 1. The minimum atomic E-state index is -1.38. The number of nitrogen functional groups attached to an aromatic ring is 1. The molecule has 8 heteroatoms. The van der Waals surface area contributed by atoms with E-state index in [2.05, 4.69) is 15.9 Å². The summed E-state index contributed by atoms with van der Waals surface area (Å²) in [5.41, 5.74) is 4.69. The molecular formula is C13H10BrFN2O4. The molecule has 0 saturated heterocycles. The lowest BCUT2D eigenvalue weighted by Gasteiger charge is -2.27. The van der Waals surface area contributed by atoms with E-state index in [1.165, 1.54) is 4.57 Å². The Balaban J connectivity index is 2.63. The van der Waals surface area contributed by atoms with Crippen LogP contribution in [0.4, 0.5) is 10.1 Å². The molecule has 2 aromatic rings. The molecule has 2 heterocycles. The predicted octanol–water partition coefficient (Wildman–Crippen LogP) is 2.14. The Labute approximate surface area is 126 Å². The minimum absolute atomic E-state index is 0.0237. The molecule has 0 spiro atoms. The van der Waals surface area contributed by atoms with Crippen molar-refractivity contribution in [2.45, 2.75) is 13.0 Å². The third-order valence-corrected chi connectivity index (χ3v) is 4.22. The molecule has 1 aliphatic heterocycles. The largest absolute Gasteiger partial charge is 0.488 e. The highest BCUT2D eigenvalue weighted by atomic mass is 79.9. The molecule has 0 aliphatic carbocycles. The van der Waals surface area contributed by atoms with Crippen LogP contribution in [-0.2, 0) is 0 Å². The molecule has 1 atom stereocenters. The van der Waals surface area contributed by atoms with Gasteiger partial charge < -0.3 is 15.6 Å². The van der Waals surface area contributed by atoms with E-state index in [-0.39, 0.29) is 33.9 Å². The fraction of sp³-hybridized carbons (Fsp3) is 0.231. The Morgan fingerprint density at radius 2 is 2.29 bits per heavy atom. The number of nitrogens with zero attached hydrogens (tertiary/aromatic N) is 1. The van der Waals surface area contributed by atoms with Gasteiger partial charge >= 0.3 is 5.97 Å². The maximum Gasteiger partial charge on any atom is 0.341 e. The maximum absolute atomic E-state index is 14.1. The molecule has 1 aromatic carbocycles. The molecule has 3 N–H and O–H groups in total. The van der Waals surface area contributed by atoms with Crippen LogP contribution >= 0.6 is 15.9 Å². The first-order valence-electron chi connectivity index (χ1n) is 6.06. The van der Waals surface area contributed by atoms with Gasteiger partial charge in [0.05, 0.1) is 21.7 Å². The third kappa shape index (κ3) is 1.75. The minimum Gasteiger partial charge on any atom is -0.488 e. The van der Waals surface area contributed by atoms with Crippen molar-refractivity contribution in [3.05, 3.63) is 32.3 Å². The van der Waals surface area contributed by atoms with Crippen molar-refractivity contribution in [2.75, 3.05) is 12.3 Å². The Morgan fingerprint density at radius 3 is 2.90 bits per heavy atom. The normalized spacial score (nSPS) is 16.8. The summed E-state index contributed by atoms with van der Waals surface area (Å²) < 4.78 is 20.9.